The van der Waals surface area contributed by atoms with Crippen LogP contribution >= 0.6 is 7.82 Å². The zero-order valence-electron chi connectivity index (χ0n) is 8.82. The average molecular weight is 248 g/mol. The molecular weight excluding hydrogens is 227 g/mol. The fourth-order valence-corrected chi connectivity index (χ4v) is 0. The van der Waals surface area contributed by atoms with Crippen LogP contribution in [0.4, 0.5) is 0 Å². The van der Waals surface area contributed by atoms with Crippen molar-refractivity contribution >= 4 is 7.82 Å². The second kappa shape index (κ2) is 12.0. The maximum Gasteiger partial charge on any atom is 0.466 e. The van der Waals surface area contributed by atoms with Crippen LogP contribution in [0.5, 0.6) is 0 Å². The van der Waals surface area contributed by atoms with Gasteiger partial charge in [-0.25, -0.2) is 4.57 Å². The molecule has 0 spiro atoms. The second-order valence-electron chi connectivity index (χ2n) is 2.68. The number of hydrogen-bond donors (Lipinski definition) is 7. The fourth-order valence-electron chi connectivity index (χ4n) is 0. The van der Waals surface area contributed by atoms with Crippen LogP contribution in [0.2, 0.25) is 0 Å². The van der Waals surface area contributed by atoms with Gasteiger partial charge in [0.1, 0.15) is 0 Å². The van der Waals surface area contributed by atoms with Gasteiger partial charge in [-0.3, -0.25) is 0 Å². The van der Waals surface area contributed by atoms with Gasteiger partial charge in [-0.05, 0) is 13.8 Å². The quantitative estimate of drug-likeness (QED) is 0.268. The summed E-state index contributed by atoms with van der Waals surface area (Å²) >= 11 is 0. The maximum atomic E-state index is 8.88. The van der Waals surface area contributed by atoms with E-state index in [0.717, 1.165) is 0 Å². The summed E-state index contributed by atoms with van der Waals surface area (Å²) in [6.45, 7) is 4.03. The van der Waals surface area contributed by atoms with Gasteiger partial charge in [0.25, 0.3) is 0 Å². The molecule has 9 heteroatoms. The highest BCUT2D eigenvalue weighted by Crippen LogP contribution is 2.25. The summed E-state index contributed by atoms with van der Waals surface area (Å²) in [5.74, 6) is 0. The molecule has 0 aliphatic heterocycles. The Morgan fingerprint density at radius 3 is 1.07 bits per heavy atom. The molecule has 0 aromatic heterocycles. The topological polar surface area (TPSA) is 170 Å². The van der Waals surface area contributed by atoms with Gasteiger partial charge >= 0.3 is 7.82 Å². The Morgan fingerprint density at radius 2 is 1.07 bits per heavy atom. The van der Waals surface area contributed by atoms with Crippen molar-refractivity contribution in [1.29, 1.82) is 0 Å². The molecule has 2 atom stereocenters. The van der Waals surface area contributed by atoms with Crippen LogP contribution in [-0.2, 0) is 4.57 Å². The molecule has 0 amide bonds. The molecule has 0 aromatic carbocycles. The van der Waals surface area contributed by atoms with E-state index in [9.17, 15) is 0 Å². The Morgan fingerprint density at radius 1 is 1.00 bits per heavy atom. The van der Waals surface area contributed by atoms with Gasteiger partial charge in [0.15, 0.2) is 0 Å². The molecule has 0 saturated heterocycles. The summed E-state index contributed by atoms with van der Waals surface area (Å²) in [6, 6.07) is 0. The lowest BCUT2D eigenvalue weighted by molar-refractivity contribution is 0.203. The van der Waals surface area contributed by atoms with E-state index in [-0.39, 0.29) is 12.2 Å². The molecule has 0 saturated carbocycles. The SMILES string of the molecule is CC(O)CN.CC(O)CN.O=P(O)(O)O. The van der Waals surface area contributed by atoms with Crippen molar-refractivity contribution < 1.29 is 29.5 Å². The van der Waals surface area contributed by atoms with Crippen molar-refractivity contribution in [2.45, 2.75) is 26.1 Å². The van der Waals surface area contributed by atoms with E-state index in [4.69, 9.17) is 40.9 Å². The fraction of sp³-hybridized carbons (Fsp3) is 1.00. The largest absolute Gasteiger partial charge is 0.466 e. The van der Waals surface area contributed by atoms with Crippen LogP contribution in [-0.4, -0.2) is 50.2 Å². The molecule has 0 aliphatic carbocycles. The van der Waals surface area contributed by atoms with E-state index in [1.807, 2.05) is 0 Å². The zero-order valence-corrected chi connectivity index (χ0v) is 9.71. The van der Waals surface area contributed by atoms with Crippen LogP contribution in [0.1, 0.15) is 13.8 Å². The first-order valence-electron chi connectivity index (χ1n) is 4.09. The molecule has 0 fully saturated rings. The number of aliphatic hydroxyl groups excluding tert-OH is 2. The summed E-state index contributed by atoms with van der Waals surface area (Å²) in [4.78, 5) is 21.6. The molecule has 15 heavy (non-hydrogen) atoms. The van der Waals surface area contributed by atoms with Crippen molar-refractivity contribution in [2.24, 2.45) is 11.5 Å². The first kappa shape index (κ1) is 20.4. The lowest BCUT2D eigenvalue weighted by Crippen LogP contribution is -2.14. The van der Waals surface area contributed by atoms with E-state index < -0.39 is 7.82 Å². The Kier molecular flexibility index (Phi) is 16.3. The molecule has 0 aliphatic rings. The van der Waals surface area contributed by atoms with Crippen LogP contribution in [0, 0.1) is 0 Å². The molecular formula is C6H21N2O6P. The van der Waals surface area contributed by atoms with E-state index in [1.54, 1.807) is 13.8 Å². The van der Waals surface area contributed by atoms with Gasteiger partial charge < -0.3 is 36.4 Å². The number of phosphoric acid groups is 1. The zero-order chi connectivity index (χ0) is 13.1. The van der Waals surface area contributed by atoms with Gasteiger partial charge in [-0.2, -0.15) is 0 Å². The normalized spacial score (nSPS) is 13.9. The molecule has 0 heterocycles. The average Bonchev–Trinajstić information content (AvgIpc) is 2.02. The number of rotatable bonds is 2. The standard InChI is InChI=1S/2C3H9NO.H3O4P/c2*1-3(5)2-4;1-5(2,3)4/h2*3,5H,2,4H2,1H3;(H3,1,2,3,4). The molecule has 9 N–H and O–H groups in total. The summed E-state index contributed by atoms with van der Waals surface area (Å²) in [5.41, 5.74) is 9.84. The molecule has 0 radical (unpaired) electrons. The monoisotopic (exact) mass is 248 g/mol. The van der Waals surface area contributed by atoms with Gasteiger partial charge in [-0.15, -0.1) is 0 Å². The van der Waals surface area contributed by atoms with Gasteiger partial charge in [0.05, 0.1) is 12.2 Å². The summed E-state index contributed by atoms with van der Waals surface area (Å²) in [5, 5.41) is 16.5. The summed E-state index contributed by atoms with van der Waals surface area (Å²) in [6.07, 6.45) is -0.676. The third kappa shape index (κ3) is 128. The minimum atomic E-state index is -4.64. The second-order valence-corrected chi connectivity index (χ2v) is 3.71. The van der Waals surface area contributed by atoms with Crippen molar-refractivity contribution in [3.05, 3.63) is 0 Å². The maximum absolute atomic E-state index is 8.88. The minimum absolute atomic E-state index is 0.338. The Hall–Kier alpha value is -0.0500. The molecule has 0 bridgehead atoms. The predicted molar refractivity (Wildman–Crippen MR) is 55.7 cm³/mol. The van der Waals surface area contributed by atoms with Gasteiger partial charge in [-0.1, -0.05) is 0 Å². The van der Waals surface area contributed by atoms with Crippen LogP contribution in [0.25, 0.3) is 0 Å². The van der Waals surface area contributed by atoms with E-state index >= 15 is 0 Å². The summed E-state index contributed by atoms with van der Waals surface area (Å²) < 4.78 is 8.88. The number of aliphatic hydroxyl groups is 2. The smallest absolute Gasteiger partial charge is 0.392 e. The molecule has 8 nitrogen and oxygen atoms in total. The van der Waals surface area contributed by atoms with Crippen molar-refractivity contribution in [1.82, 2.24) is 0 Å². The lowest BCUT2D eigenvalue weighted by atomic mass is 10.4. The predicted octanol–water partition coefficient (Wildman–Crippen LogP) is -2.28. The summed E-state index contributed by atoms with van der Waals surface area (Å²) in [7, 11) is -4.64. The van der Waals surface area contributed by atoms with Gasteiger partial charge in [0.2, 0.25) is 0 Å². The minimum Gasteiger partial charge on any atom is -0.392 e. The van der Waals surface area contributed by atoms with Crippen LogP contribution in [0.3, 0.4) is 0 Å². The molecule has 2 unspecified atom stereocenters. The highest BCUT2D eigenvalue weighted by atomic mass is 31.2. The van der Waals surface area contributed by atoms with Gasteiger partial charge in [0, 0.05) is 13.1 Å². The molecule has 0 aromatic rings. The first-order valence-corrected chi connectivity index (χ1v) is 5.65. The third-order valence-corrected chi connectivity index (χ3v) is 0.682. The first-order chi connectivity index (χ1) is 6.54. The molecule has 0 rings (SSSR count). The Labute approximate surface area is 88.8 Å². The van der Waals surface area contributed by atoms with E-state index in [2.05, 4.69) is 0 Å². The van der Waals surface area contributed by atoms with Crippen LogP contribution < -0.4 is 11.5 Å². The van der Waals surface area contributed by atoms with Crippen molar-refractivity contribution in [3.63, 3.8) is 0 Å². The number of nitrogens with two attached hydrogens (primary N) is 2. The van der Waals surface area contributed by atoms with Crippen molar-refractivity contribution in [2.75, 3.05) is 13.1 Å². The molecule has 96 valence electrons. The highest BCUT2D eigenvalue weighted by molar-refractivity contribution is 7.45. The third-order valence-electron chi connectivity index (χ3n) is 0.682. The van der Waals surface area contributed by atoms with E-state index in [1.165, 1.54) is 0 Å². The van der Waals surface area contributed by atoms with E-state index in [0.29, 0.717) is 13.1 Å². The van der Waals surface area contributed by atoms with Crippen LogP contribution in [0.15, 0.2) is 0 Å². The lowest BCUT2D eigenvalue weighted by Gasteiger charge is -1.91. The highest BCUT2D eigenvalue weighted by Gasteiger charge is 2.00. The number of hydrogen-bond acceptors (Lipinski definition) is 5. The Balaban J connectivity index is -0.000000144. The Bertz CT molecular complexity index is 143. The van der Waals surface area contributed by atoms with Crippen molar-refractivity contribution in [3.8, 4) is 0 Å².